The first kappa shape index (κ1) is 22.6. The molecule has 0 radical (unpaired) electrons. The second kappa shape index (κ2) is 8.55. The van der Waals surface area contributed by atoms with Gasteiger partial charge < -0.3 is 5.73 Å². The average Bonchev–Trinajstić information content (AvgIpc) is 3.09. The normalized spacial score (nSPS) is 11.7. The molecule has 0 aliphatic carbocycles. The molecule has 1 heterocycles. The van der Waals surface area contributed by atoms with E-state index >= 15 is 0 Å². The Morgan fingerprint density at radius 2 is 1.74 bits per heavy atom. The monoisotopic (exact) mass is 440 g/mol. The Morgan fingerprint density at radius 3 is 2.32 bits per heavy atom. The zero-order chi connectivity index (χ0) is 22.9. The SMILES string of the molecule is Cc1cc(C)c(Cn2nc(C(C)C)cc2C(=O)NS(=O)(=O)c2cccc(N)c2)c(C)c1. The highest BCUT2D eigenvalue weighted by molar-refractivity contribution is 7.90. The maximum Gasteiger partial charge on any atom is 0.283 e. The van der Waals surface area contributed by atoms with Crippen molar-refractivity contribution in [3.05, 3.63) is 76.1 Å². The lowest BCUT2D eigenvalue weighted by Gasteiger charge is -2.14. The molecule has 3 N–H and O–H groups in total. The van der Waals surface area contributed by atoms with Gasteiger partial charge in [-0.2, -0.15) is 5.10 Å². The fourth-order valence-electron chi connectivity index (χ4n) is 3.55. The average molecular weight is 441 g/mol. The molecule has 0 aliphatic rings. The Kier molecular flexibility index (Phi) is 6.22. The van der Waals surface area contributed by atoms with Crippen LogP contribution in [0.2, 0.25) is 0 Å². The van der Waals surface area contributed by atoms with Gasteiger partial charge in [0.2, 0.25) is 0 Å². The van der Waals surface area contributed by atoms with Crippen LogP contribution in [0, 0.1) is 20.8 Å². The number of nitrogens with zero attached hydrogens (tertiary/aromatic N) is 2. The van der Waals surface area contributed by atoms with Gasteiger partial charge in [-0.15, -0.1) is 0 Å². The van der Waals surface area contributed by atoms with E-state index in [1.165, 1.54) is 18.2 Å². The van der Waals surface area contributed by atoms with Gasteiger partial charge in [0.1, 0.15) is 5.69 Å². The molecule has 0 unspecified atom stereocenters. The van der Waals surface area contributed by atoms with Crippen molar-refractivity contribution in [1.29, 1.82) is 0 Å². The standard InChI is InChI=1S/C23H28N4O3S/c1-14(2)21-12-22(23(28)26-31(29,30)19-8-6-7-18(24)11-19)27(25-21)13-20-16(4)9-15(3)10-17(20)5/h6-12,14H,13,24H2,1-5H3,(H,26,28). The van der Waals surface area contributed by atoms with Gasteiger partial charge in [-0.25, -0.2) is 13.1 Å². The molecule has 0 fully saturated rings. The zero-order valence-corrected chi connectivity index (χ0v) is 19.2. The number of nitrogen functional groups attached to an aromatic ring is 1. The first-order valence-corrected chi connectivity index (χ1v) is 11.5. The summed E-state index contributed by atoms with van der Waals surface area (Å²) in [6, 6.07) is 11.6. The summed E-state index contributed by atoms with van der Waals surface area (Å²) in [6.07, 6.45) is 0. The summed E-state index contributed by atoms with van der Waals surface area (Å²) >= 11 is 0. The zero-order valence-electron chi connectivity index (χ0n) is 18.4. The topological polar surface area (TPSA) is 107 Å². The minimum Gasteiger partial charge on any atom is -0.399 e. The summed E-state index contributed by atoms with van der Waals surface area (Å²) in [7, 11) is -4.07. The molecule has 31 heavy (non-hydrogen) atoms. The van der Waals surface area contributed by atoms with Crippen molar-refractivity contribution < 1.29 is 13.2 Å². The van der Waals surface area contributed by atoms with Crippen molar-refractivity contribution in [3.8, 4) is 0 Å². The number of nitrogens with one attached hydrogen (secondary N) is 1. The van der Waals surface area contributed by atoms with Gasteiger partial charge in [-0.05, 0) is 67.6 Å². The molecule has 0 saturated heterocycles. The van der Waals surface area contributed by atoms with Gasteiger partial charge >= 0.3 is 0 Å². The van der Waals surface area contributed by atoms with Gasteiger partial charge in [0, 0.05) is 5.69 Å². The largest absolute Gasteiger partial charge is 0.399 e. The molecule has 0 bridgehead atoms. The van der Waals surface area contributed by atoms with Gasteiger partial charge in [0.25, 0.3) is 15.9 Å². The number of aromatic nitrogens is 2. The lowest BCUT2D eigenvalue weighted by Crippen LogP contribution is -2.32. The van der Waals surface area contributed by atoms with E-state index in [9.17, 15) is 13.2 Å². The van der Waals surface area contributed by atoms with Crippen LogP contribution in [0.3, 0.4) is 0 Å². The number of hydrogen-bond donors (Lipinski definition) is 2. The molecule has 0 spiro atoms. The van der Waals surface area contributed by atoms with Crippen LogP contribution in [0.15, 0.2) is 47.4 Å². The Hall–Kier alpha value is -3.13. The number of rotatable bonds is 6. The van der Waals surface area contributed by atoms with Crippen molar-refractivity contribution in [2.45, 2.75) is 52.0 Å². The van der Waals surface area contributed by atoms with E-state index in [-0.39, 0.29) is 16.5 Å². The summed E-state index contributed by atoms with van der Waals surface area (Å²) in [6.45, 7) is 10.4. The van der Waals surface area contributed by atoms with E-state index in [4.69, 9.17) is 5.73 Å². The highest BCUT2D eigenvalue weighted by Gasteiger charge is 2.24. The third-order valence-electron chi connectivity index (χ3n) is 5.17. The number of anilines is 1. The quantitative estimate of drug-likeness (QED) is 0.569. The van der Waals surface area contributed by atoms with E-state index in [1.54, 1.807) is 16.8 Å². The van der Waals surface area contributed by atoms with Crippen LogP contribution in [0.25, 0.3) is 0 Å². The van der Waals surface area contributed by atoms with Crippen LogP contribution in [-0.4, -0.2) is 24.1 Å². The van der Waals surface area contributed by atoms with E-state index in [0.29, 0.717) is 17.9 Å². The molecule has 7 nitrogen and oxygen atoms in total. The van der Waals surface area contributed by atoms with E-state index in [2.05, 4.69) is 22.0 Å². The number of hydrogen-bond acceptors (Lipinski definition) is 5. The fraction of sp³-hybridized carbons (Fsp3) is 0.304. The lowest BCUT2D eigenvalue weighted by molar-refractivity contribution is 0.0971. The molecule has 8 heteroatoms. The van der Waals surface area contributed by atoms with Crippen molar-refractivity contribution in [2.24, 2.45) is 0 Å². The summed E-state index contributed by atoms with van der Waals surface area (Å²) in [5.74, 6) is -0.650. The molecule has 1 amide bonds. The van der Waals surface area contributed by atoms with Crippen LogP contribution in [0.5, 0.6) is 0 Å². The molecule has 0 aliphatic heterocycles. The van der Waals surface area contributed by atoms with Crippen LogP contribution in [-0.2, 0) is 16.6 Å². The molecular weight excluding hydrogens is 412 g/mol. The number of amides is 1. The molecule has 3 rings (SSSR count). The van der Waals surface area contributed by atoms with Crippen LogP contribution in [0.1, 0.15) is 58.2 Å². The highest BCUT2D eigenvalue weighted by Crippen LogP contribution is 2.21. The molecule has 2 aromatic carbocycles. The van der Waals surface area contributed by atoms with Crippen molar-refractivity contribution in [3.63, 3.8) is 0 Å². The molecule has 164 valence electrons. The van der Waals surface area contributed by atoms with Crippen LogP contribution in [0.4, 0.5) is 5.69 Å². The minimum absolute atomic E-state index is 0.0683. The highest BCUT2D eigenvalue weighted by atomic mass is 32.2. The predicted molar refractivity (Wildman–Crippen MR) is 122 cm³/mol. The number of aryl methyl sites for hydroxylation is 3. The Bertz CT molecular complexity index is 1220. The fourth-order valence-corrected chi connectivity index (χ4v) is 4.56. The van der Waals surface area contributed by atoms with Gasteiger partial charge in [-0.1, -0.05) is 37.6 Å². The lowest BCUT2D eigenvalue weighted by atomic mass is 10.00. The van der Waals surface area contributed by atoms with Gasteiger partial charge in [0.05, 0.1) is 17.1 Å². The second-order valence-corrected chi connectivity index (χ2v) is 9.83. The summed E-state index contributed by atoms with van der Waals surface area (Å²) in [5.41, 5.74) is 11.3. The van der Waals surface area contributed by atoms with Gasteiger partial charge in [0.15, 0.2) is 0 Å². The van der Waals surface area contributed by atoms with Crippen LogP contribution < -0.4 is 10.5 Å². The predicted octanol–water partition coefficient (Wildman–Crippen LogP) is 3.68. The summed E-state index contributed by atoms with van der Waals surface area (Å²) in [4.78, 5) is 12.9. The second-order valence-electron chi connectivity index (χ2n) is 8.15. The summed E-state index contributed by atoms with van der Waals surface area (Å²) in [5, 5.41) is 4.59. The Balaban J connectivity index is 1.98. The minimum atomic E-state index is -4.07. The van der Waals surface area contributed by atoms with Crippen molar-refractivity contribution >= 4 is 21.6 Å². The molecule has 3 aromatic rings. The first-order chi connectivity index (χ1) is 14.5. The Labute approximate surface area is 183 Å². The number of carbonyl (C=O) groups is 1. The molecule has 0 saturated carbocycles. The third-order valence-corrected chi connectivity index (χ3v) is 6.50. The smallest absolute Gasteiger partial charge is 0.283 e. The maximum absolute atomic E-state index is 13.0. The Morgan fingerprint density at radius 1 is 1.10 bits per heavy atom. The number of benzene rings is 2. The van der Waals surface area contributed by atoms with E-state index < -0.39 is 15.9 Å². The van der Waals surface area contributed by atoms with E-state index in [0.717, 1.165) is 22.3 Å². The number of sulfonamides is 1. The molecule has 0 atom stereocenters. The summed E-state index contributed by atoms with van der Waals surface area (Å²) < 4.78 is 29.1. The maximum atomic E-state index is 13.0. The third kappa shape index (κ3) is 4.96. The van der Waals surface area contributed by atoms with Crippen molar-refractivity contribution in [2.75, 3.05) is 5.73 Å². The van der Waals surface area contributed by atoms with Gasteiger partial charge in [-0.3, -0.25) is 9.48 Å². The number of nitrogens with two attached hydrogens (primary N) is 1. The molecular formula is C23H28N4O3S. The first-order valence-electron chi connectivity index (χ1n) is 10.0. The van der Waals surface area contributed by atoms with Crippen LogP contribution >= 0.6 is 0 Å². The van der Waals surface area contributed by atoms with Crippen molar-refractivity contribution in [1.82, 2.24) is 14.5 Å². The molecule has 1 aromatic heterocycles. The van der Waals surface area contributed by atoms with E-state index in [1.807, 2.05) is 34.6 Å². The number of carbonyl (C=O) groups excluding carboxylic acids is 1.